The molecule has 1 atom stereocenters. The van der Waals surface area contributed by atoms with E-state index in [2.05, 4.69) is 13.8 Å². The molecule has 29 heavy (non-hydrogen) atoms. The third-order valence-corrected chi connectivity index (χ3v) is 4.77. The average Bonchev–Trinajstić information content (AvgIpc) is 2.73. The number of carbonyl (C=O) groups excluding carboxylic acids is 1. The van der Waals surface area contributed by atoms with E-state index < -0.39 is 0 Å². The Balaban J connectivity index is 3.72. The van der Waals surface area contributed by atoms with E-state index in [0.717, 1.165) is 38.5 Å². The Morgan fingerprint density at radius 2 is 1.17 bits per heavy atom. The van der Waals surface area contributed by atoms with Gasteiger partial charge in [-0.3, -0.25) is 4.79 Å². The molecule has 0 aliphatic rings. The minimum absolute atomic E-state index is 0.0508. The van der Waals surface area contributed by atoms with Crippen molar-refractivity contribution in [1.82, 2.24) is 0 Å². The van der Waals surface area contributed by atoms with E-state index >= 15 is 0 Å². The maximum atomic E-state index is 12.4. The summed E-state index contributed by atoms with van der Waals surface area (Å²) < 4.78 is 26.8. The molecule has 0 aromatic heterocycles. The van der Waals surface area contributed by atoms with Crippen molar-refractivity contribution in [3.63, 3.8) is 0 Å². The molecular weight excluding hydrogens is 372 g/mol. The summed E-state index contributed by atoms with van der Waals surface area (Å²) in [5.74, 6) is -0.106. The Bertz CT molecular complexity index is 337. The number of ether oxygens (including phenoxy) is 5. The zero-order valence-electron chi connectivity index (χ0n) is 19.3. The summed E-state index contributed by atoms with van der Waals surface area (Å²) >= 11 is 0. The van der Waals surface area contributed by atoms with Gasteiger partial charge >= 0.3 is 5.97 Å². The number of rotatable bonds is 23. The van der Waals surface area contributed by atoms with Crippen LogP contribution in [-0.2, 0) is 28.5 Å². The minimum Gasteiger partial charge on any atom is -0.465 e. The first-order valence-electron chi connectivity index (χ1n) is 11.6. The van der Waals surface area contributed by atoms with Crippen molar-refractivity contribution in [2.75, 3.05) is 60.0 Å². The minimum atomic E-state index is -0.0555. The molecule has 174 valence electrons. The van der Waals surface area contributed by atoms with Crippen LogP contribution in [0.2, 0.25) is 0 Å². The number of carbonyl (C=O) groups is 1. The van der Waals surface area contributed by atoms with Crippen molar-refractivity contribution in [3.05, 3.63) is 0 Å². The first-order chi connectivity index (χ1) is 14.3. The molecule has 6 nitrogen and oxygen atoms in total. The fraction of sp³-hybridized carbons (Fsp3) is 0.957. The Morgan fingerprint density at radius 1 is 0.621 bits per heavy atom. The molecule has 0 aromatic carbocycles. The molecule has 0 rings (SSSR count). The van der Waals surface area contributed by atoms with E-state index in [4.69, 9.17) is 23.7 Å². The normalized spacial score (nSPS) is 12.2. The van der Waals surface area contributed by atoms with Crippen LogP contribution in [0.3, 0.4) is 0 Å². The van der Waals surface area contributed by atoms with Gasteiger partial charge in [0.15, 0.2) is 0 Å². The van der Waals surface area contributed by atoms with Gasteiger partial charge in [0, 0.05) is 13.7 Å². The van der Waals surface area contributed by atoms with Crippen LogP contribution in [0.25, 0.3) is 0 Å². The summed E-state index contributed by atoms with van der Waals surface area (Å²) in [7, 11) is 1.65. The van der Waals surface area contributed by atoms with Gasteiger partial charge in [-0.15, -0.1) is 0 Å². The quantitative estimate of drug-likeness (QED) is 0.176. The third-order valence-electron chi connectivity index (χ3n) is 4.77. The molecule has 0 aliphatic carbocycles. The van der Waals surface area contributed by atoms with Crippen molar-refractivity contribution in [2.24, 2.45) is 5.92 Å². The van der Waals surface area contributed by atoms with Crippen LogP contribution in [0.4, 0.5) is 0 Å². The molecule has 0 N–H and O–H groups in total. The lowest BCUT2D eigenvalue weighted by Gasteiger charge is -2.16. The van der Waals surface area contributed by atoms with Crippen molar-refractivity contribution in [2.45, 2.75) is 78.1 Å². The van der Waals surface area contributed by atoms with E-state index in [1.165, 1.54) is 25.7 Å². The summed E-state index contributed by atoms with van der Waals surface area (Å²) in [6.07, 6.45) is 10.9. The standard InChI is InChI=1S/C23H46O6/c1-4-6-8-9-10-11-14-29-23(24)22(12-7-5-2)13-15-26-18-19-28-21-20-27-17-16-25-3/h22H,4-21H2,1-3H3. The van der Waals surface area contributed by atoms with E-state index in [1.807, 2.05) is 0 Å². The Morgan fingerprint density at radius 3 is 1.79 bits per heavy atom. The molecule has 0 amide bonds. The molecule has 0 bridgehead atoms. The topological polar surface area (TPSA) is 63.2 Å². The van der Waals surface area contributed by atoms with Gasteiger partial charge < -0.3 is 23.7 Å². The second-order valence-corrected chi connectivity index (χ2v) is 7.39. The van der Waals surface area contributed by atoms with Gasteiger partial charge in [0.1, 0.15) is 0 Å². The van der Waals surface area contributed by atoms with Crippen molar-refractivity contribution >= 4 is 5.97 Å². The van der Waals surface area contributed by atoms with Gasteiger partial charge in [0.25, 0.3) is 0 Å². The van der Waals surface area contributed by atoms with Gasteiger partial charge in [-0.25, -0.2) is 0 Å². The smallest absolute Gasteiger partial charge is 0.309 e. The molecule has 6 heteroatoms. The maximum Gasteiger partial charge on any atom is 0.309 e. The molecule has 0 heterocycles. The zero-order valence-corrected chi connectivity index (χ0v) is 19.3. The molecule has 0 saturated carbocycles. The highest BCUT2D eigenvalue weighted by Crippen LogP contribution is 2.16. The lowest BCUT2D eigenvalue weighted by atomic mass is 9.99. The highest BCUT2D eigenvalue weighted by molar-refractivity contribution is 5.72. The second-order valence-electron chi connectivity index (χ2n) is 7.39. The highest BCUT2D eigenvalue weighted by atomic mass is 16.6. The van der Waals surface area contributed by atoms with Crippen LogP contribution >= 0.6 is 0 Å². The number of esters is 1. The van der Waals surface area contributed by atoms with Crippen LogP contribution in [-0.4, -0.2) is 65.9 Å². The third kappa shape index (κ3) is 20.4. The summed E-state index contributed by atoms with van der Waals surface area (Å²) in [4.78, 5) is 12.4. The SMILES string of the molecule is CCCCCCCCOC(=O)C(CCCC)CCOCCOCCOCCOC. The molecule has 0 saturated heterocycles. The van der Waals surface area contributed by atoms with Crippen LogP contribution in [0.15, 0.2) is 0 Å². The van der Waals surface area contributed by atoms with Gasteiger partial charge in [0.2, 0.25) is 0 Å². The van der Waals surface area contributed by atoms with Crippen LogP contribution in [0, 0.1) is 5.92 Å². The molecule has 0 radical (unpaired) electrons. The Kier molecular flexibility index (Phi) is 23.0. The van der Waals surface area contributed by atoms with E-state index in [-0.39, 0.29) is 11.9 Å². The zero-order chi connectivity index (χ0) is 21.4. The first kappa shape index (κ1) is 28.3. The fourth-order valence-electron chi connectivity index (χ4n) is 2.91. The number of methoxy groups -OCH3 is 1. The van der Waals surface area contributed by atoms with Gasteiger partial charge in [0.05, 0.1) is 52.2 Å². The van der Waals surface area contributed by atoms with Gasteiger partial charge in [-0.05, 0) is 19.3 Å². The molecule has 1 unspecified atom stereocenters. The monoisotopic (exact) mass is 418 g/mol. The number of unbranched alkanes of at least 4 members (excludes halogenated alkanes) is 6. The fourth-order valence-corrected chi connectivity index (χ4v) is 2.91. The highest BCUT2D eigenvalue weighted by Gasteiger charge is 2.19. The van der Waals surface area contributed by atoms with E-state index in [9.17, 15) is 4.79 Å². The average molecular weight is 419 g/mol. The molecular formula is C23H46O6. The van der Waals surface area contributed by atoms with Crippen molar-refractivity contribution in [3.8, 4) is 0 Å². The summed E-state index contributed by atoms with van der Waals surface area (Å²) in [5, 5.41) is 0. The summed E-state index contributed by atoms with van der Waals surface area (Å²) in [6, 6.07) is 0. The number of hydrogen-bond acceptors (Lipinski definition) is 6. The predicted octanol–water partition coefficient (Wildman–Crippen LogP) is 4.78. The first-order valence-corrected chi connectivity index (χ1v) is 11.6. The largest absolute Gasteiger partial charge is 0.465 e. The molecule has 0 aromatic rings. The molecule has 0 spiro atoms. The summed E-state index contributed by atoms with van der Waals surface area (Å²) in [6.45, 7) is 8.85. The van der Waals surface area contributed by atoms with Crippen molar-refractivity contribution < 1.29 is 28.5 Å². The van der Waals surface area contributed by atoms with Crippen molar-refractivity contribution in [1.29, 1.82) is 0 Å². The lowest BCUT2D eigenvalue weighted by molar-refractivity contribution is -0.149. The Hall–Kier alpha value is -0.690. The molecule has 0 aliphatic heterocycles. The second kappa shape index (κ2) is 23.6. The van der Waals surface area contributed by atoms with Crippen LogP contribution in [0.1, 0.15) is 78.1 Å². The predicted molar refractivity (Wildman–Crippen MR) is 116 cm³/mol. The van der Waals surface area contributed by atoms with E-state index in [0.29, 0.717) is 52.9 Å². The van der Waals surface area contributed by atoms with Gasteiger partial charge in [-0.2, -0.15) is 0 Å². The lowest BCUT2D eigenvalue weighted by Crippen LogP contribution is -2.21. The van der Waals surface area contributed by atoms with Crippen LogP contribution < -0.4 is 0 Å². The van der Waals surface area contributed by atoms with E-state index in [1.54, 1.807) is 7.11 Å². The maximum absolute atomic E-state index is 12.4. The van der Waals surface area contributed by atoms with Crippen LogP contribution in [0.5, 0.6) is 0 Å². The Labute approximate surface area is 178 Å². The summed E-state index contributed by atoms with van der Waals surface area (Å²) in [5.41, 5.74) is 0. The van der Waals surface area contributed by atoms with Gasteiger partial charge in [-0.1, -0.05) is 58.8 Å². The number of hydrogen-bond donors (Lipinski definition) is 0. The molecule has 0 fully saturated rings.